The third-order valence-electron chi connectivity index (χ3n) is 9.52. The van der Waals surface area contributed by atoms with E-state index in [4.69, 9.17) is 9.47 Å². The first-order valence-corrected chi connectivity index (χ1v) is 12.7. The minimum atomic E-state index is -0.492. The molecule has 0 saturated heterocycles. The maximum Gasteiger partial charge on any atom is 0.411 e. The molecule has 35 heavy (non-hydrogen) atoms. The van der Waals surface area contributed by atoms with Crippen LogP contribution in [0.1, 0.15) is 52.9 Å². The number of anilines is 1. The van der Waals surface area contributed by atoms with Gasteiger partial charge in [0, 0.05) is 23.9 Å². The second-order valence-corrected chi connectivity index (χ2v) is 11.3. The summed E-state index contributed by atoms with van der Waals surface area (Å²) in [4.78, 5) is 38.0. The number of amides is 1. The predicted molar refractivity (Wildman–Crippen MR) is 133 cm³/mol. The monoisotopic (exact) mass is 477 g/mol. The largest absolute Gasteiger partial charge is 0.497 e. The number of fused-ring (bicyclic) bond motifs is 5. The third kappa shape index (κ3) is 3.91. The number of carbonyl (C=O) groups is 3. The Labute approximate surface area is 207 Å². The number of hydrogen-bond acceptors (Lipinski definition) is 5. The van der Waals surface area contributed by atoms with E-state index in [0.717, 1.165) is 24.8 Å². The summed E-state index contributed by atoms with van der Waals surface area (Å²) >= 11 is 0. The van der Waals surface area contributed by atoms with Crippen molar-refractivity contribution in [1.82, 2.24) is 0 Å². The van der Waals surface area contributed by atoms with Crippen LogP contribution in [0.3, 0.4) is 0 Å². The number of ether oxygens (including phenoxy) is 2. The third-order valence-corrected chi connectivity index (χ3v) is 9.52. The summed E-state index contributed by atoms with van der Waals surface area (Å²) in [5, 5.41) is 2.86. The highest BCUT2D eigenvalue weighted by Crippen LogP contribution is 2.65. The van der Waals surface area contributed by atoms with Crippen LogP contribution in [0.25, 0.3) is 0 Å². The van der Waals surface area contributed by atoms with Gasteiger partial charge >= 0.3 is 6.09 Å². The minimum absolute atomic E-state index is 0.0183. The lowest BCUT2D eigenvalue weighted by molar-refractivity contribution is -0.134. The van der Waals surface area contributed by atoms with Crippen molar-refractivity contribution >= 4 is 23.3 Å². The van der Waals surface area contributed by atoms with E-state index >= 15 is 0 Å². The van der Waals surface area contributed by atoms with E-state index in [2.05, 4.69) is 31.3 Å². The maximum absolute atomic E-state index is 13.1. The van der Waals surface area contributed by atoms with Gasteiger partial charge in [-0.3, -0.25) is 14.9 Å². The van der Waals surface area contributed by atoms with E-state index in [9.17, 15) is 14.4 Å². The standard InChI is InChI=1S/C29H35NO5/c1-17(31)23-11-12-24-22-10-5-18-15-20(32)13-14-28(18,2)26(22)25(16-29(23,24)3)35-27(33)30-19-6-8-21(34-4)9-7-19/h5-10,15,22-26H,11-14,16H2,1-4H3,(H,30,33)/t22-,23+,24-,25-,26-,28+,29+/m0/s1. The first kappa shape index (κ1) is 23.8. The van der Waals surface area contributed by atoms with Gasteiger partial charge in [-0.15, -0.1) is 0 Å². The highest BCUT2D eigenvalue weighted by atomic mass is 16.6. The molecule has 1 aromatic carbocycles. The number of benzene rings is 1. The van der Waals surface area contributed by atoms with Crippen molar-refractivity contribution in [3.63, 3.8) is 0 Å². The number of allylic oxidation sites excluding steroid dienone is 4. The lowest BCUT2D eigenvalue weighted by Crippen LogP contribution is -2.57. The molecule has 5 rings (SSSR count). The molecule has 4 aliphatic carbocycles. The van der Waals surface area contributed by atoms with Crippen LogP contribution in [-0.4, -0.2) is 30.9 Å². The van der Waals surface area contributed by atoms with E-state index in [-0.39, 0.29) is 46.3 Å². The van der Waals surface area contributed by atoms with Gasteiger partial charge in [0.2, 0.25) is 0 Å². The lowest BCUT2D eigenvalue weighted by Gasteiger charge is -2.58. The van der Waals surface area contributed by atoms with Crippen LogP contribution in [0.5, 0.6) is 5.75 Å². The molecule has 0 radical (unpaired) electrons. The van der Waals surface area contributed by atoms with Gasteiger partial charge in [0.25, 0.3) is 0 Å². The second-order valence-electron chi connectivity index (χ2n) is 11.3. The Morgan fingerprint density at radius 1 is 1.11 bits per heavy atom. The molecule has 0 bridgehead atoms. The van der Waals surface area contributed by atoms with Crippen molar-refractivity contribution in [2.75, 3.05) is 12.4 Å². The maximum atomic E-state index is 13.1. The number of methoxy groups -OCH3 is 1. The van der Waals surface area contributed by atoms with Crippen LogP contribution >= 0.6 is 0 Å². The summed E-state index contributed by atoms with van der Waals surface area (Å²) in [5.74, 6) is 1.71. The summed E-state index contributed by atoms with van der Waals surface area (Å²) in [6.07, 6.45) is 9.11. The summed E-state index contributed by atoms with van der Waals surface area (Å²) in [6.45, 7) is 6.14. The molecular formula is C29H35NO5. The van der Waals surface area contributed by atoms with Gasteiger partial charge in [-0.25, -0.2) is 4.79 Å². The van der Waals surface area contributed by atoms with Crippen LogP contribution in [0.4, 0.5) is 10.5 Å². The molecule has 4 aliphatic rings. The molecule has 1 N–H and O–H groups in total. The van der Waals surface area contributed by atoms with Crippen LogP contribution in [0, 0.1) is 34.5 Å². The average Bonchev–Trinajstić information content (AvgIpc) is 3.16. The van der Waals surface area contributed by atoms with Gasteiger partial charge in [-0.1, -0.05) is 26.0 Å². The topological polar surface area (TPSA) is 81.7 Å². The molecule has 186 valence electrons. The van der Waals surface area contributed by atoms with Gasteiger partial charge < -0.3 is 9.47 Å². The fourth-order valence-electron chi connectivity index (χ4n) is 7.83. The SMILES string of the molecule is COc1ccc(NC(=O)O[C@H]2C[C@]3(C)[C@@H](C(C)=O)CC[C@H]3[C@@H]3C=CC4=CC(=O)CC[C@@]4(C)[C@@H]32)cc1. The molecule has 1 amide bonds. The Hall–Kier alpha value is -2.89. The number of nitrogens with one attached hydrogen (secondary N) is 1. The second kappa shape index (κ2) is 8.65. The van der Waals surface area contributed by atoms with Gasteiger partial charge in [-0.05, 0) is 91.2 Å². The first-order valence-electron chi connectivity index (χ1n) is 12.7. The summed E-state index contributed by atoms with van der Waals surface area (Å²) in [6, 6.07) is 7.14. The zero-order valence-corrected chi connectivity index (χ0v) is 21.0. The highest BCUT2D eigenvalue weighted by molar-refractivity contribution is 5.92. The number of hydrogen-bond donors (Lipinski definition) is 1. The molecular weight excluding hydrogens is 442 g/mol. The number of ketones is 2. The molecule has 0 aliphatic heterocycles. The van der Waals surface area contributed by atoms with Crippen molar-refractivity contribution in [3.05, 3.63) is 48.1 Å². The first-order chi connectivity index (χ1) is 16.7. The zero-order chi connectivity index (χ0) is 25.0. The van der Waals surface area contributed by atoms with Crippen molar-refractivity contribution in [1.29, 1.82) is 0 Å². The highest BCUT2D eigenvalue weighted by Gasteiger charge is 2.63. The Morgan fingerprint density at radius 2 is 1.86 bits per heavy atom. The number of carbonyl (C=O) groups excluding carboxylic acids is 3. The lowest BCUT2D eigenvalue weighted by atomic mass is 9.47. The Bertz CT molecular complexity index is 1100. The van der Waals surface area contributed by atoms with Gasteiger partial charge in [0.05, 0.1) is 7.11 Å². The quantitative estimate of drug-likeness (QED) is 0.598. The molecule has 0 spiro atoms. The van der Waals surface area contributed by atoms with Gasteiger partial charge in [0.1, 0.15) is 17.6 Å². The van der Waals surface area contributed by atoms with Gasteiger partial charge in [-0.2, -0.15) is 0 Å². The molecule has 0 unspecified atom stereocenters. The van der Waals surface area contributed by atoms with Crippen molar-refractivity contribution < 1.29 is 23.9 Å². The molecule has 6 heteroatoms. The smallest absolute Gasteiger partial charge is 0.411 e. The molecule has 0 heterocycles. The van der Waals surface area contributed by atoms with Crippen LogP contribution in [0.15, 0.2) is 48.1 Å². The number of Topliss-reactive ketones (excluding diaryl/α,β-unsaturated/α-hetero) is 1. The summed E-state index contributed by atoms with van der Waals surface area (Å²) in [7, 11) is 1.60. The zero-order valence-electron chi connectivity index (χ0n) is 21.0. The predicted octanol–water partition coefficient (Wildman–Crippen LogP) is 5.74. The molecule has 6 nitrogen and oxygen atoms in total. The molecule has 0 aromatic heterocycles. The normalized spacial score (nSPS) is 37.4. The molecule has 1 aromatic rings. The van der Waals surface area contributed by atoms with E-state index in [1.54, 1.807) is 44.4 Å². The average molecular weight is 478 g/mol. The Balaban J connectivity index is 1.48. The van der Waals surface area contributed by atoms with E-state index in [1.165, 1.54) is 0 Å². The van der Waals surface area contributed by atoms with Crippen molar-refractivity contribution in [3.8, 4) is 5.75 Å². The molecule has 2 saturated carbocycles. The van der Waals surface area contributed by atoms with Crippen LogP contribution in [0.2, 0.25) is 0 Å². The Kier molecular flexibility index (Phi) is 5.89. The summed E-state index contributed by atoms with van der Waals surface area (Å²) < 4.78 is 11.4. The molecule has 7 atom stereocenters. The van der Waals surface area contributed by atoms with E-state index < -0.39 is 6.09 Å². The number of rotatable bonds is 4. The summed E-state index contributed by atoms with van der Waals surface area (Å²) in [5.41, 5.74) is 1.22. The molecule has 2 fully saturated rings. The van der Waals surface area contributed by atoms with Crippen LogP contribution in [-0.2, 0) is 14.3 Å². The Morgan fingerprint density at radius 3 is 2.54 bits per heavy atom. The fraction of sp³-hybridized carbons (Fsp3) is 0.552. The fourth-order valence-corrected chi connectivity index (χ4v) is 7.83. The van der Waals surface area contributed by atoms with Crippen LogP contribution < -0.4 is 10.1 Å². The van der Waals surface area contributed by atoms with E-state index in [0.29, 0.717) is 30.2 Å². The van der Waals surface area contributed by atoms with Crippen molar-refractivity contribution in [2.24, 2.45) is 34.5 Å². The minimum Gasteiger partial charge on any atom is -0.497 e. The van der Waals surface area contributed by atoms with E-state index in [1.807, 2.05) is 0 Å². The van der Waals surface area contributed by atoms with Gasteiger partial charge in [0.15, 0.2) is 5.78 Å². The van der Waals surface area contributed by atoms with Crippen molar-refractivity contribution in [2.45, 2.75) is 59.0 Å².